The van der Waals surface area contributed by atoms with Crippen LogP contribution in [0.2, 0.25) is 0 Å². The molecule has 7 nitrogen and oxygen atoms in total. The first-order valence-electron chi connectivity index (χ1n) is 6.24. The Morgan fingerprint density at radius 2 is 2.20 bits per heavy atom. The fraction of sp³-hybridized carbons (Fsp3) is 0.462. The van der Waals surface area contributed by atoms with Crippen LogP contribution in [-0.4, -0.2) is 24.5 Å². The Hall–Kier alpha value is -2.31. The smallest absolute Gasteiger partial charge is 0.273 e. The third kappa shape index (κ3) is 3.17. The van der Waals surface area contributed by atoms with E-state index in [9.17, 15) is 10.1 Å². The van der Waals surface area contributed by atoms with Crippen LogP contribution in [-0.2, 0) is 0 Å². The fourth-order valence-corrected chi connectivity index (χ4v) is 2.07. The number of nitrogens with zero attached hydrogens (tertiary/aromatic N) is 1. The van der Waals surface area contributed by atoms with Gasteiger partial charge in [-0.05, 0) is 18.9 Å². The number of nitrogens with one attached hydrogen (secondary N) is 1. The van der Waals surface area contributed by atoms with E-state index in [4.69, 9.17) is 20.6 Å². The number of methoxy groups -OCH3 is 1. The van der Waals surface area contributed by atoms with Crippen molar-refractivity contribution in [3.8, 4) is 11.5 Å². The number of non-ortho nitro benzene ring substituents is 1. The second-order valence-corrected chi connectivity index (χ2v) is 5.08. The van der Waals surface area contributed by atoms with Crippen LogP contribution in [0.4, 0.5) is 5.69 Å². The molecule has 1 aliphatic rings. The summed E-state index contributed by atoms with van der Waals surface area (Å²) in [6, 6.07) is 4.24. The molecule has 20 heavy (non-hydrogen) atoms. The van der Waals surface area contributed by atoms with Crippen molar-refractivity contribution in [2.75, 3.05) is 13.7 Å². The summed E-state index contributed by atoms with van der Waals surface area (Å²) in [6.45, 7) is 0.431. The van der Waals surface area contributed by atoms with Crippen molar-refractivity contribution in [1.82, 2.24) is 0 Å². The average Bonchev–Trinajstić information content (AvgIpc) is 3.15. The van der Waals surface area contributed by atoms with Crippen molar-refractivity contribution in [1.29, 1.82) is 5.41 Å². The van der Waals surface area contributed by atoms with Gasteiger partial charge in [-0.3, -0.25) is 15.5 Å². The highest BCUT2D eigenvalue weighted by Crippen LogP contribution is 2.49. The molecule has 1 aliphatic carbocycles. The third-order valence-corrected chi connectivity index (χ3v) is 3.41. The van der Waals surface area contributed by atoms with Crippen molar-refractivity contribution in [2.45, 2.75) is 19.3 Å². The molecule has 1 aromatic carbocycles. The monoisotopic (exact) mass is 279 g/mol. The molecule has 2 rings (SSSR count). The fourth-order valence-electron chi connectivity index (χ4n) is 2.07. The number of benzene rings is 1. The molecule has 0 amide bonds. The van der Waals surface area contributed by atoms with Crippen molar-refractivity contribution < 1.29 is 14.4 Å². The minimum absolute atomic E-state index is 0.0425. The lowest BCUT2D eigenvalue weighted by Gasteiger charge is -2.16. The first-order valence-corrected chi connectivity index (χ1v) is 6.24. The van der Waals surface area contributed by atoms with E-state index in [1.54, 1.807) is 0 Å². The molecule has 0 aromatic heterocycles. The summed E-state index contributed by atoms with van der Waals surface area (Å²) in [6.07, 6.45) is 2.46. The predicted octanol–water partition coefficient (Wildman–Crippen LogP) is 2.09. The highest BCUT2D eigenvalue weighted by Gasteiger charge is 2.44. The van der Waals surface area contributed by atoms with Crippen LogP contribution < -0.4 is 15.2 Å². The average molecular weight is 279 g/mol. The van der Waals surface area contributed by atoms with Crippen LogP contribution in [0.15, 0.2) is 18.2 Å². The predicted molar refractivity (Wildman–Crippen MR) is 73.3 cm³/mol. The minimum atomic E-state index is -0.482. The topological polar surface area (TPSA) is 111 Å². The summed E-state index contributed by atoms with van der Waals surface area (Å²) < 4.78 is 10.8. The van der Waals surface area contributed by atoms with Gasteiger partial charge in [-0.1, -0.05) is 0 Å². The highest BCUT2D eigenvalue weighted by atomic mass is 16.6. The Balaban J connectivity index is 2.06. The Kier molecular flexibility index (Phi) is 3.78. The van der Waals surface area contributed by atoms with Gasteiger partial charge in [0.25, 0.3) is 5.69 Å². The summed E-state index contributed by atoms with van der Waals surface area (Å²) >= 11 is 0. The molecule has 0 spiro atoms. The number of nitrogens with two attached hydrogens (primary N) is 1. The molecule has 108 valence electrons. The zero-order chi connectivity index (χ0) is 14.8. The molecule has 0 radical (unpaired) electrons. The van der Waals surface area contributed by atoms with E-state index >= 15 is 0 Å². The number of nitro benzene ring substituents is 1. The summed E-state index contributed by atoms with van der Waals surface area (Å²) in [5.74, 6) is 0.951. The van der Waals surface area contributed by atoms with Gasteiger partial charge < -0.3 is 15.2 Å². The van der Waals surface area contributed by atoms with Gasteiger partial charge in [-0.2, -0.15) is 0 Å². The van der Waals surface area contributed by atoms with Crippen molar-refractivity contribution >= 4 is 11.5 Å². The molecule has 0 unspecified atom stereocenters. The molecule has 1 aromatic rings. The quantitative estimate of drug-likeness (QED) is 0.343. The summed E-state index contributed by atoms with van der Waals surface area (Å²) in [5.41, 5.74) is 5.33. The molecule has 7 heteroatoms. The van der Waals surface area contributed by atoms with Crippen molar-refractivity contribution in [2.24, 2.45) is 11.1 Å². The Morgan fingerprint density at radius 1 is 1.50 bits per heavy atom. The molecule has 0 bridgehead atoms. The van der Waals surface area contributed by atoms with Gasteiger partial charge in [0.15, 0.2) is 11.5 Å². The number of rotatable bonds is 7. The molecule has 0 atom stereocenters. The number of hydrogen-bond acceptors (Lipinski definition) is 5. The van der Waals surface area contributed by atoms with Crippen LogP contribution in [0.5, 0.6) is 11.5 Å². The van der Waals surface area contributed by atoms with Gasteiger partial charge in [0.2, 0.25) is 0 Å². The Bertz CT molecular complexity index is 540. The summed E-state index contributed by atoms with van der Waals surface area (Å²) in [7, 11) is 1.44. The lowest BCUT2D eigenvalue weighted by molar-refractivity contribution is -0.384. The van der Waals surface area contributed by atoms with E-state index in [0.29, 0.717) is 24.5 Å². The van der Waals surface area contributed by atoms with Crippen LogP contribution in [0.25, 0.3) is 0 Å². The normalized spacial score (nSPS) is 15.4. The zero-order valence-electron chi connectivity index (χ0n) is 11.2. The van der Waals surface area contributed by atoms with Crippen LogP contribution in [0.3, 0.4) is 0 Å². The maximum absolute atomic E-state index is 10.7. The number of amidine groups is 1. The van der Waals surface area contributed by atoms with E-state index in [1.807, 2.05) is 0 Å². The molecule has 0 aliphatic heterocycles. The molecular weight excluding hydrogens is 262 g/mol. The Morgan fingerprint density at radius 3 is 2.70 bits per heavy atom. The van der Waals surface area contributed by atoms with Crippen LogP contribution >= 0.6 is 0 Å². The lowest BCUT2D eigenvalue weighted by Crippen LogP contribution is -2.21. The molecule has 1 fully saturated rings. The molecule has 1 saturated carbocycles. The van der Waals surface area contributed by atoms with E-state index in [-0.39, 0.29) is 16.9 Å². The highest BCUT2D eigenvalue weighted by molar-refractivity contribution is 5.78. The van der Waals surface area contributed by atoms with Crippen molar-refractivity contribution in [3.63, 3.8) is 0 Å². The van der Waals surface area contributed by atoms with Gasteiger partial charge in [0, 0.05) is 17.9 Å². The van der Waals surface area contributed by atoms with Gasteiger partial charge in [0.05, 0.1) is 30.5 Å². The van der Waals surface area contributed by atoms with Gasteiger partial charge in [0.1, 0.15) is 0 Å². The maximum atomic E-state index is 10.7. The molecule has 3 N–H and O–H groups in total. The molecule has 0 heterocycles. The first-order chi connectivity index (χ1) is 9.46. The second-order valence-electron chi connectivity index (χ2n) is 5.08. The van der Waals surface area contributed by atoms with E-state index in [0.717, 1.165) is 12.8 Å². The van der Waals surface area contributed by atoms with E-state index < -0.39 is 4.92 Å². The maximum Gasteiger partial charge on any atom is 0.273 e. The zero-order valence-corrected chi connectivity index (χ0v) is 11.2. The third-order valence-electron chi connectivity index (χ3n) is 3.41. The molecular formula is C13H17N3O4. The van der Waals surface area contributed by atoms with Crippen LogP contribution in [0.1, 0.15) is 19.3 Å². The SMILES string of the molecule is COc1cc([N+](=O)[O-])ccc1OCC1(CC(=N)N)CC1. The minimum Gasteiger partial charge on any atom is -0.493 e. The van der Waals surface area contributed by atoms with Crippen LogP contribution in [0, 0.1) is 20.9 Å². The Labute approximate surface area is 116 Å². The molecule has 0 saturated heterocycles. The summed E-state index contributed by atoms with van der Waals surface area (Å²) in [5, 5.41) is 18.0. The largest absolute Gasteiger partial charge is 0.493 e. The van der Waals surface area contributed by atoms with Gasteiger partial charge >= 0.3 is 0 Å². The lowest BCUT2D eigenvalue weighted by atomic mass is 10.0. The second kappa shape index (κ2) is 5.36. The summed E-state index contributed by atoms with van der Waals surface area (Å²) in [4.78, 5) is 10.2. The van der Waals surface area contributed by atoms with E-state index in [2.05, 4.69) is 0 Å². The number of ether oxygens (including phenoxy) is 2. The van der Waals surface area contributed by atoms with Crippen molar-refractivity contribution in [3.05, 3.63) is 28.3 Å². The number of hydrogen-bond donors (Lipinski definition) is 2. The number of nitro groups is 1. The standard InChI is InChI=1S/C13H17N3O4/c1-19-11-6-9(16(17)18)2-3-10(11)20-8-13(4-5-13)7-12(14)15/h2-3,6H,4-5,7-8H2,1H3,(H3,14,15). The van der Waals surface area contributed by atoms with E-state index in [1.165, 1.54) is 25.3 Å². The van der Waals surface area contributed by atoms with Gasteiger partial charge in [-0.25, -0.2) is 0 Å². The first kappa shape index (κ1) is 14.1. The van der Waals surface area contributed by atoms with Gasteiger partial charge in [-0.15, -0.1) is 0 Å².